The molecule has 0 radical (unpaired) electrons. The van der Waals surface area contributed by atoms with E-state index >= 15 is 0 Å². The molecule has 0 amide bonds. The van der Waals surface area contributed by atoms with Gasteiger partial charge in [-0.1, -0.05) is 53.9 Å². The van der Waals surface area contributed by atoms with Gasteiger partial charge in [-0.15, -0.1) is 0 Å². The lowest BCUT2D eigenvalue weighted by atomic mass is 9.67. The summed E-state index contributed by atoms with van der Waals surface area (Å²) in [7, 11) is 0. The summed E-state index contributed by atoms with van der Waals surface area (Å²) in [6.45, 7) is 11.7. The summed E-state index contributed by atoms with van der Waals surface area (Å²) >= 11 is 0. The average Bonchev–Trinajstić information content (AvgIpc) is 3.11. The molecule has 2 fully saturated rings. The fourth-order valence-electron chi connectivity index (χ4n) is 4.99. The van der Waals surface area contributed by atoms with E-state index in [1.54, 1.807) is 13.8 Å². The molecule has 0 spiro atoms. The third kappa shape index (κ3) is 5.12. The molecule has 30 heavy (non-hydrogen) atoms. The molecule has 6 nitrogen and oxygen atoms in total. The second kappa shape index (κ2) is 9.61. The van der Waals surface area contributed by atoms with Gasteiger partial charge in [0.05, 0.1) is 0 Å². The first-order valence-corrected chi connectivity index (χ1v) is 11.3. The molecule has 1 aliphatic heterocycles. The number of hydrogen-bond donors (Lipinski definition) is 0. The second-order valence-corrected chi connectivity index (χ2v) is 10.4. The van der Waals surface area contributed by atoms with Crippen molar-refractivity contribution >= 4 is 23.5 Å². The van der Waals surface area contributed by atoms with Crippen LogP contribution in [0, 0.1) is 28.6 Å². The maximum Gasteiger partial charge on any atom is 0.348 e. The van der Waals surface area contributed by atoms with Crippen molar-refractivity contribution in [1.29, 1.82) is 0 Å². The normalized spacial score (nSPS) is 29.2. The van der Waals surface area contributed by atoms with Gasteiger partial charge in [0, 0.05) is 18.3 Å². The monoisotopic (exact) mass is 422 g/mol. The maximum atomic E-state index is 13.5. The Labute approximate surface area is 180 Å². The Morgan fingerprint density at radius 1 is 1.17 bits per heavy atom. The number of carbonyl (C=O) groups is 4. The summed E-state index contributed by atoms with van der Waals surface area (Å²) in [5.41, 5.74) is -1.99. The molecule has 4 atom stereocenters. The van der Waals surface area contributed by atoms with Gasteiger partial charge in [0.2, 0.25) is 6.10 Å². The topological polar surface area (TPSA) is 86.7 Å². The Bertz CT molecular complexity index is 679. The maximum absolute atomic E-state index is 13.5. The van der Waals surface area contributed by atoms with E-state index < -0.39 is 28.9 Å². The molecule has 2 aliphatic rings. The smallest absolute Gasteiger partial charge is 0.348 e. The van der Waals surface area contributed by atoms with Gasteiger partial charge >= 0.3 is 11.9 Å². The van der Waals surface area contributed by atoms with Gasteiger partial charge in [-0.3, -0.25) is 9.59 Å². The Morgan fingerprint density at radius 3 is 2.37 bits per heavy atom. The summed E-state index contributed by atoms with van der Waals surface area (Å²) in [6.07, 6.45) is 3.25. The largest absolute Gasteiger partial charge is 0.462 e. The van der Waals surface area contributed by atoms with Crippen LogP contribution >= 0.6 is 0 Å². The summed E-state index contributed by atoms with van der Waals surface area (Å²) < 4.78 is 10.8. The van der Waals surface area contributed by atoms with Crippen LogP contribution in [0.5, 0.6) is 0 Å². The lowest BCUT2D eigenvalue weighted by Crippen LogP contribution is -2.48. The highest BCUT2D eigenvalue weighted by atomic mass is 16.6. The standard InChI is InChI=1S/C24H38O6/c1-15(2)8-7-9-16(3)18-10-11-19(26)24(18,13-12-17(4)25)22(28)30-20-21(27)29-14-23(20,5)6/h15-16,18,20H,7-14H2,1-6H3/t16-,18-,20+,24+/m1/s1. The minimum Gasteiger partial charge on any atom is -0.462 e. The first-order chi connectivity index (χ1) is 13.9. The van der Waals surface area contributed by atoms with Crippen LogP contribution in [0.25, 0.3) is 0 Å². The number of esters is 2. The Hall–Kier alpha value is -1.72. The zero-order valence-electron chi connectivity index (χ0n) is 19.4. The van der Waals surface area contributed by atoms with Crippen molar-refractivity contribution in [3.63, 3.8) is 0 Å². The van der Waals surface area contributed by atoms with Gasteiger partial charge < -0.3 is 14.3 Å². The number of ketones is 2. The van der Waals surface area contributed by atoms with Crippen molar-refractivity contribution in [2.24, 2.45) is 28.6 Å². The van der Waals surface area contributed by atoms with Gasteiger partial charge in [-0.2, -0.15) is 0 Å². The number of ether oxygens (including phenoxy) is 2. The highest BCUT2D eigenvalue weighted by Gasteiger charge is 2.59. The third-order valence-electron chi connectivity index (χ3n) is 6.91. The quantitative estimate of drug-likeness (QED) is 0.386. The van der Waals surface area contributed by atoms with E-state index in [9.17, 15) is 19.2 Å². The lowest BCUT2D eigenvalue weighted by Gasteiger charge is -2.37. The van der Waals surface area contributed by atoms with Crippen LogP contribution in [0.3, 0.4) is 0 Å². The SMILES string of the molecule is CC(=O)CC[C@@]1(C(=O)O[C@H]2C(=O)OCC2(C)C)C(=O)CC[C@@H]1[C@H](C)CCCC(C)C. The molecule has 2 rings (SSSR count). The molecule has 0 N–H and O–H groups in total. The molecule has 0 unspecified atom stereocenters. The van der Waals surface area contributed by atoms with Crippen LogP contribution in [-0.4, -0.2) is 36.2 Å². The van der Waals surface area contributed by atoms with Crippen molar-refractivity contribution < 1.29 is 28.7 Å². The van der Waals surface area contributed by atoms with Crippen LogP contribution in [0.1, 0.15) is 86.5 Å². The number of carbonyl (C=O) groups excluding carboxylic acids is 4. The molecule has 0 aromatic heterocycles. The Balaban J connectivity index is 2.29. The minimum atomic E-state index is -1.35. The van der Waals surface area contributed by atoms with E-state index in [2.05, 4.69) is 20.8 Å². The van der Waals surface area contributed by atoms with E-state index in [-0.39, 0.29) is 42.9 Å². The number of hydrogen-bond acceptors (Lipinski definition) is 6. The molecule has 6 heteroatoms. The number of Topliss-reactive ketones (excluding diaryl/α,β-unsaturated/α-hetero) is 2. The molecule has 1 saturated heterocycles. The predicted molar refractivity (Wildman–Crippen MR) is 113 cm³/mol. The third-order valence-corrected chi connectivity index (χ3v) is 6.91. The van der Waals surface area contributed by atoms with Gasteiger partial charge in [-0.25, -0.2) is 4.79 Å². The second-order valence-electron chi connectivity index (χ2n) is 10.4. The number of rotatable bonds is 10. The Morgan fingerprint density at radius 2 is 1.83 bits per heavy atom. The molecular formula is C24H38O6. The van der Waals surface area contributed by atoms with E-state index in [0.29, 0.717) is 18.8 Å². The molecule has 0 aromatic carbocycles. The van der Waals surface area contributed by atoms with Crippen LogP contribution in [0.4, 0.5) is 0 Å². The van der Waals surface area contributed by atoms with Crippen LogP contribution in [-0.2, 0) is 28.7 Å². The molecular weight excluding hydrogens is 384 g/mol. The zero-order chi connectivity index (χ0) is 22.7. The van der Waals surface area contributed by atoms with Crippen LogP contribution in [0.2, 0.25) is 0 Å². The van der Waals surface area contributed by atoms with Crippen molar-refractivity contribution in [3.8, 4) is 0 Å². The molecule has 170 valence electrons. The minimum absolute atomic E-state index is 0.0614. The average molecular weight is 423 g/mol. The first-order valence-electron chi connectivity index (χ1n) is 11.3. The van der Waals surface area contributed by atoms with Gasteiger partial charge in [0.1, 0.15) is 17.8 Å². The summed E-state index contributed by atoms with van der Waals surface area (Å²) in [5.74, 6) is -0.855. The van der Waals surface area contributed by atoms with E-state index in [4.69, 9.17) is 9.47 Å². The fraction of sp³-hybridized carbons (Fsp3) is 0.833. The fourth-order valence-corrected chi connectivity index (χ4v) is 4.99. The molecule has 1 heterocycles. The van der Waals surface area contributed by atoms with Crippen LogP contribution < -0.4 is 0 Å². The van der Waals surface area contributed by atoms with Crippen molar-refractivity contribution in [3.05, 3.63) is 0 Å². The van der Waals surface area contributed by atoms with Gasteiger partial charge in [0.25, 0.3) is 0 Å². The van der Waals surface area contributed by atoms with Gasteiger partial charge in [-0.05, 0) is 37.5 Å². The van der Waals surface area contributed by atoms with Crippen molar-refractivity contribution in [1.82, 2.24) is 0 Å². The predicted octanol–water partition coefficient (Wildman–Crippen LogP) is 4.28. The van der Waals surface area contributed by atoms with E-state index in [0.717, 1.165) is 19.3 Å². The molecule has 0 aromatic rings. The Kier molecular flexibility index (Phi) is 7.86. The highest BCUT2D eigenvalue weighted by Crippen LogP contribution is 2.50. The first kappa shape index (κ1) is 24.5. The van der Waals surface area contributed by atoms with Gasteiger partial charge in [0.15, 0.2) is 5.78 Å². The highest BCUT2D eigenvalue weighted by molar-refractivity contribution is 6.06. The van der Waals surface area contributed by atoms with Crippen molar-refractivity contribution in [2.45, 2.75) is 92.6 Å². The summed E-state index contributed by atoms with van der Waals surface area (Å²) in [5, 5.41) is 0. The molecule has 1 saturated carbocycles. The molecule has 1 aliphatic carbocycles. The van der Waals surface area contributed by atoms with E-state index in [1.165, 1.54) is 6.92 Å². The van der Waals surface area contributed by atoms with Crippen LogP contribution in [0.15, 0.2) is 0 Å². The number of cyclic esters (lactones) is 1. The molecule has 0 bridgehead atoms. The summed E-state index contributed by atoms with van der Waals surface area (Å²) in [4.78, 5) is 50.6. The van der Waals surface area contributed by atoms with Crippen molar-refractivity contribution in [2.75, 3.05) is 6.61 Å². The summed E-state index contributed by atoms with van der Waals surface area (Å²) in [6, 6.07) is 0. The zero-order valence-corrected chi connectivity index (χ0v) is 19.4. The van der Waals surface area contributed by atoms with E-state index in [1.807, 2.05) is 0 Å². The lowest BCUT2D eigenvalue weighted by molar-refractivity contribution is -0.177.